The highest BCUT2D eigenvalue weighted by atomic mass is 32.2. The first-order valence-corrected chi connectivity index (χ1v) is 6.70. The van der Waals surface area contributed by atoms with Gasteiger partial charge in [0.25, 0.3) is 0 Å². The summed E-state index contributed by atoms with van der Waals surface area (Å²) in [4.78, 5) is 4.45. The molecule has 0 spiro atoms. The van der Waals surface area contributed by atoms with Crippen LogP contribution in [0.15, 0.2) is 18.2 Å². The summed E-state index contributed by atoms with van der Waals surface area (Å²) < 4.78 is 0. The predicted octanol–water partition coefficient (Wildman–Crippen LogP) is 2.68. The minimum Gasteiger partial charge on any atom is -0.370 e. The van der Waals surface area contributed by atoms with E-state index in [0.717, 1.165) is 36.9 Å². The fourth-order valence-electron chi connectivity index (χ4n) is 1.17. The number of hydrogen-bond acceptors (Lipinski definition) is 4. The minimum absolute atomic E-state index is 0.949. The van der Waals surface area contributed by atoms with E-state index in [9.17, 15) is 0 Å². The normalized spacial score (nSPS) is 10.0. The quantitative estimate of drug-likeness (QED) is 0.700. The SMILES string of the molecule is CCCNc1cccc(NCCSC)n1. The Morgan fingerprint density at radius 3 is 2.47 bits per heavy atom. The van der Waals surface area contributed by atoms with Gasteiger partial charge in [0, 0.05) is 18.8 Å². The van der Waals surface area contributed by atoms with Crippen LogP contribution in [0.1, 0.15) is 13.3 Å². The lowest BCUT2D eigenvalue weighted by Gasteiger charge is -2.07. The van der Waals surface area contributed by atoms with Crippen molar-refractivity contribution in [2.24, 2.45) is 0 Å². The fraction of sp³-hybridized carbons (Fsp3) is 0.545. The Bertz CT molecular complexity index is 278. The van der Waals surface area contributed by atoms with E-state index in [1.807, 2.05) is 30.0 Å². The summed E-state index contributed by atoms with van der Waals surface area (Å²) in [6, 6.07) is 6.01. The van der Waals surface area contributed by atoms with Crippen molar-refractivity contribution in [3.05, 3.63) is 18.2 Å². The van der Waals surface area contributed by atoms with E-state index in [2.05, 4.69) is 28.8 Å². The molecule has 1 heterocycles. The van der Waals surface area contributed by atoms with Crippen LogP contribution in [-0.2, 0) is 0 Å². The summed E-state index contributed by atoms with van der Waals surface area (Å²) in [5.74, 6) is 3.00. The molecule has 1 aromatic rings. The van der Waals surface area contributed by atoms with Gasteiger partial charge in [-0.05, 0) is 24.8 Å². The van der Waals surface area contributed by atoms with E-state index in [1.54, 1.807) is 0 Å². The van der Waals surface area contributed by atoms with Gasteiger partial charge in [-0.25, -0.2) is 4.98 Å². The van der Waals surface area contributed by atoms with Crippen molar-refractivity contribution in [3.8, 4) is 0 Å². The zero-order valence-electron chi connectivity index (χ0n) is 9.42. The second-order valence-electron chi connectivity index (χ2n) is 3.25. The molecule has 1 rings (SSSR count). The minimum atomic E-state index is 0.949. The zero-order chi connectivity index (χ0) is 10.9. The topological polar surface area (TPSA) is 37.0 Å². The molecule has 15 heavy (non-hydrogen) atoms. The van der Waals surface area contributed by atoms with Crippen LogP contribution in [0.3, 0.4) is 0 Å². The van der Waals surface area contributed by atoms with Gasteiger partial charge in [0.2, 0.25) is 0 Å². The summed E-state index contributed by atoms with van der Waals surface area (Å²) >= 11 is 1.83. The fourth-order valence-corrected chi connectivity index (χ4v) is 1.47. The first-order chi connectivity index (χ1) is 7.36. The largest absolute Gasteiger partial charge is 0.370 e. The van der Waals surface area contributed by atoms with E-state index in [4.69, 9.17) is 0 Å². The molecular formula is C11H19N3S. The molecule has 0 fully saturated rings. The third-order valence-corrected chi connectivity index (χ3v) is 2.53. The van der Waals surface area contributed by atoms with Crippen molar-refractivity contribution >= 4 is 23.4 Å². The van der Waals surface area contributed by atoms with Crippen LogP contribution in [0.5, 0.6) is 0 Å². The molecular weight excluding hydrogens is 206 g/mol. The van der Waals surface area contributed by atoms with Crippen LogP contribution < -0.4 is 10.6 Å². The summed E-state index contributed by atoms with van der Waals surface area (Å²) in [6.07, 6.45) is 3.22. The molecule has 0 amide bonds. The first kappa shape index (κ1) is 12.2. The molecule has 0 aliphatic carbocycles. The maximum absolute atomic E-state index is 4.45. The molecule has 0 atom stereocenters. The number of nitrogens with zero attached hydrogens (tertiary/aromatic N) is 1. The summed E-state index contributed by atoms with van der Waals surface area (Å²) in [5, 5.41) is 6.56. The number of hydrogen-bond donors (Lipinski definition) is 2. The predicted molar refractivity (Wildman–Crippen MR) is 69.9 cm³/mol. The van der Waals surface area contributed by atoms with Crippen LogP contribution in [0.2, 0.25) is 0 Å². The van der Waals surface area contributed by atoms with Gasteiger partial charge in [0.1, 0.15) is 11.6 Å². The van der Waals surface area contributed by atoms with Gasteiger partial charge in [0.05, 0.1) is 0 Å². The molecule has 0 radical (unpaired) electrons. The smallest absolute Gasteiger partial charge is 0.128 e. The van der Waals surface area contributed by atoms with Gasteiger partial charge < -0.3 is 10.6 Å². The molecule has 3 nitrogen and oxygen atoms in total. The zero-order valence-corrected chi connectivity index (χ0v) is 10.2. The van der Waals surface area contributed by atoms with Crippen LogP contribution in [-0.4, -0.2) is 30.1 Å². The van der Waals surface area contributed by atoms with Crippen molar-refractivity contribution in [1.29, 1.82) is 0 Å². The Hall–Kier alpha value is -0.900. The van der Waals surface area contributed by atoms with Gasteiger partial charge in [-0.2, -0.15) is 11.8 Å². The third kappa shape index (κ3) is 4.93. The number of anilines is 2. The van der Waals surface area contributed by atoms with Gasteiger partial charge in [-0.3, -0.25) is 0 Å². The third-order valence-electron chi connectivity index (χ3n) is 1.92. The Labute approximate surface area is 96.1 Å². The first-order valence-electron chi connectivity index (χ1n) is 5.30. The van der Waals surface area contributed by atoms with Crippen LogP contribution in [0.25, 0.3) is 0 Å². The van der Waals surface area contributed by atoms with Crippen molar-refractivity contribution in [3.63, 3.8) is 0 Å². The van der Waals surface area contributed by atoms with Crippen molar-refractivity contribution in [2.45, 2.75) is 13.3 Å². The molecule has 84 valence electrons. The van der Waals surface area contributed by atoms with Gasteiger partial charge >= 0.3 is 0 Å². The van der Waals surface area contributed by atoms with E-state index in [0.29, 0.717) is 0 Å². The Kier molecular flexibility index (Phi) is 6.00. The molecule has 1 aromatic heterocycles. The molecule has 0 aromatic carbocycles. The highest BCUT2D eigenvalue weighted by Gasteiger charge is 1.95. The Morgan fingerprint density at radius 1 is 1.20 bits per heavy atom. The molecule has 0 saturated carbocycles. The summed E-state index contributed by atoms with van der Waals surface area (Å²) in [7, 11) is 0. The van der Waals surface area contributed by atoms with Gasteiger partial charge in [0.15, 0.2) is 0 Å². The average Bonchev–Trinajstić information content (AvgIpc) is 2.27. The number of thioether (sulfide) groups is 1. The van der Waals surface area contributed by atoms with Crippen LogP contribution in [0.4, 0.5) is 11.6 Å². The molecule has 4 heteroatoms. The highest BCUT2D eigenvalue weighted by molar-refractivity contribution is 7.98. The lowest BCUT2D eigenvalue weighted by Crippen LogP contribution is -2.07. The maximum atomic E-state index is 4.45. The Morgan fingerprint density at radius 2 is 1.87 bits per heavy atom. The standard InChI is InChI=1S/C11H19N3S/c1-3-7-12-10-5-4-6-11(14-10)13-8-9-15-2/h4-6H,3,7-9H2,1-2H3,(H2,12,13,14). The number of nitrogens with one attached hydrogen (secondary N) is 2. The van der Waals surface area contributed by atoms with Crippen LogP contribution >= 0.6 is 11.8 Å². The van der Waals surface area contributed by atoms with Gasteiger partial charge in [-0.1, -0.05) is 13.0 Å². The second kappa shape index (κ2) is 7.40. The molecule has 0 aliphatic rings. The number of pyridine rings is 1. The van der Waals surface area contributed by atoms with E-state index >= 15 is 0 Å². The summed E-state index contributed by atoms with van der Waals surface area (Å²) in [6.45, 7) is 4.08. The second-order valence-corrected chi connectivity index (χ2v) is 4.24. The van der Waals surface area contributed by atoms with Crippen LogP contribution in [0, 0.1) is 0 Å². The molecule has 0 aliphatic heterocycles. The van der Waals surface area contributed by atoms with Gasteiger partial charge in [-0.15, -0.1) is 0 Å². The molecule has 0 unspecified atom stereocenters. The van der Waals surface area contributed by atoms with E-state index in [1.165, 1.54) is 0 Å². The number of aromatic nitrogens is 1. The lowest BCUT2D eigenvalue weighted by atomic mass is 10.4. The van der Waals surface area contributed by atoms with E-state index in [-0.39, 0.29) is 0 Å². The average molecular weight is 225 g/mol. The monoisotopic (exact) mass is 225 g/mol. The maximum Gasteiger partial charge on any atom is 0.128 e. The molecule has 0 bridgehead atoms. The van der Waals surface area contributed by atoms with Crippen molar-refractivity contribution in [2.75, 3.05) is 35.7 Å². The number of rotatable bonds is 7. The Balaban J connectivity index is 2.42. The molecule has 0 saturated heterocycles. The molecule has 2 N–H and O–H groups in total. The van der Waals surface area contributed by atoms with E-state index < -0.39 is 0 Å². The van der Waals surface area contributed by atoms with Crippen molar-refractivity contribution < 1.29 is 0 Å². The lowest BCUT2D eigenvalue weighted by molar-refractivity contribution is 0.969. The summed E-state index contributed by atoms with van der Waals surface area (Å²) in [5.41, 5.74) is 0. The van der Waals surface area contributed by atoms with Crippen molar-refractivity contribution in [1.82, 2.24) is 4.98 Å². The highest BCUT2D eigenvalue weighted by Crippen LogP contribution is 2.09.